The predicted octanol–water partition coefficient (Wildman–Crippen LogP) is 4.32. The average molecular weight is 412 g/mol. The van der Waals surface area contributed by atoms with Crippen LogP contribution < -0.4 is 4.72 Å². The van der Waals surface area contributed by atoms with Gasteiger partial charge in [0, 0.05) is 17.8 Å². The molecular formula is C23H29N3O2S. The first-order chi connectivity index (χ1) is 13.6. The Kier molecular flexibility index (Phi) is 5.96. The number of hydrogen-bond donors (Lipinski definition) is 1. The minimum atomic E-state index is -3.59. The number of sulfonamides is 1. The van der Waals surface area contributed by atoms with Gasteiger partial charge in [0.25, 0.3) is 0 Å². The summed E-state index contributed by atoms with van der Waals surface area (Å²) in [6.07, 6.45) is 0. The Morgan fingerprint density at radius 3 is 2.17 bits per heavy atom. The summed E-state index contributed by atoms with van der Waals surface area (Å²) in [4.78, 5) is 0.275. The Balaban J connectivity index is 1.75. The molecule has 3 rings (SSSR count). The summed E-state index contributed by atoms with van der Waals surface area (Å²) in [5.41, 5.74) is 4.96. The fourth-order valence-corrected chi connectivity index (χ4v) is 4.28. The van der Waals surface area contributed by atoms with Crippen molar-refractivity contribution in [3.05, 3.63) is 82.7 Å². The van der Waals surface area contributed by atoms with Gasteiger partial charge in [-0.05, 0) is 42.5 Å². The van der Waals surface area contributed by atoms with Gasteiger partial charge in [0.1, 0.15) is 0 Å². The largest absolute Gasteiger partial charge is 0.265 e. The molecule has 29 heavy (non-hydrogen) atoms. The minimum absolute atomic E-state index is 0.0166. The molecular weight excluding hydrogens is 382 g/mol. The van der Waals surface area contributed by atoms with Crippen LogP contribution in [0.2, 0.25) is 0 Å². The molecule has 0 aliphatic carbocycles. The van der Waals surface area contributed by atoms with Crippen molar-refractivity contribution >= 4 is 10.0 Å². The topological polar surface area (TPSA) is 64.0 Å². The highest BCUT2D eigenvalue weighted by Gasteiger charge is 2.19. The molecule has 5 nitrogen and oxygen atoms in total. The van der Waals surface area contributed by atoms with Gasteiger partial charge in [-0.2, -0.15) is 5.10 Å². The van der Waals surface area contributed by atoms with E-state index in [1.165, 1.54) is 0 Å². The van der Waals surface area contributed by atoms with Crippen LogP contribution in [-0.4, -0.2) is 18.2 Å². The van der Waals surface area contributed by atoms with E-state index in [4.69, 9.17) is 0 Å². The number of aryl methyl sites for hydroxylation is 1. The summed E-state index contributed by atoms with van der Waals surface area (Å²) in [5.74, 6) is 0. The van der Waals surface area contributed by atoms with Crippen molar-refractivity contribution in [1.29, 1.82) is 0 Å². The van der Waals surface area contributed by atoms with Crippen molar-refractivity contribution in [2.24, 2.45) is 0 Å². The van der Waals surface area contributed by atoms with E-state index in [-0.39, 0.29) is 16.9 Å². The van der Waals surface area contributed by atoms with Gasteiger partial charge < -0.3 is 0 Å². The molecule has 0 fully saturated rings. The Bertz CT molecular complexity index is 1080. The molecule has 0 radical (unpaired) electrons. The number of benzene rings is 2. The fourth-order valence-electron chi connectivity index (χ4n) is 3.28. The average Bonchev–Trinajstić information content (AvgIpc) is 2.93. The van der Waals surface area contributed by atoms with Gasteiger partial charge in [-0.15, -0.1) is 0 Å². The van der Waals surface area contributed by atoms with E-state index < -0.39 is 10.0 Å². The monoisotopic (exact) mass is 411 g/mol. The summed E-state index contributed by atoms with van der Waals surface area (Å²) >= 11 is 0. The highest BCUT2D eigenvalue weighted by molar-refractivity contribution is 7.89. The summed E-state index contributed by atoms with van der Waals surface area (Å²) in [6.45, 7) is 11.1. The first kappa shape index (κ1) is 21.3. The molecule has 1 N–H and O–H groups in total. The maximum Gasteiger partial charge on any atom is 0.240 e. The van der Waals surface area contributed by atoms with Crippen molar-refractivity contribution in [1.82, 2.24) is 14.5 Å². The van der Waals surface area contributed by atoms with Gasteiger partial charge in [-0.1, -0.05) is 63.2 Å². The van der Waals surface area contributed by atoms with Crippen LogP contribution in [0.4, 0.5) is 0 Å². The van der Waals surface area contributed by atoms with Crippen molar-refractivity contribution < 1.29 is 8.42 Å². The molecule has 0 atom stereocenters. The van der Waals surface area contributed by atoms with E-state index in [1.807, 2.05) is 48.9 Å². The zero-order valence-electron chi connectivity index (χ0n) is 17.7. The number of rotatable bonds is 6. The van der Waals surface area contributed by atoms with Gasteiger partial charge in [-0.25, -0.2) is 13.1 Å². The standard InChI is InChI=1S/C23H29N3O2S/c1-17-22(18(2)26(25-17)16-19-9-7-6-8-10-19)15-24-29(27,28)21-13-11-20(12-14-21)23(3,4)5/h6-14,24H,15-16H2,1-5H3. The summed E-state index contributed by atoms with van der Waals surface area (Å²) in [7, 11) is -3.59. The molecule has 0 aliphatic heterocycles. The molecule has 0 bridgehead atoms. The molecule has 0 aliphatic rings. The summed E-state index contributed by atoms with van der Waals surface area (Å²) in [5, 5.41) is 4.60. The maximum atomic E-state index is 12.7. The van der Waals surface area contributed by atoms with Gasteiger partial charge in [0.05, 0.1) is 17.1 Å². The lowest BCUT2D eigenvalue weighted by atomic mass is 9.87. The van der Waals surface area contributed by atoms with Gasteiger partial charge in [0.15, 0.2) is 0 Å². The van der Waals surface area contributed by atoms with E-state index in [0.29, 0.717) is 6.54 Å². The van der Waals surface area contributed by atoms with Crippen molar-refractivity contribution in [3.63, 3.8) is 0 Å². The lowest BCUT2D eigenvalue weighted by Crippen LogP contribution is -2.24. The van der Waals surface area contributed by atoms with Crippen LogP contribution in [0.25, 0.3) is 0 Å². The Morgan fingerprint density at radius 2 is 1.59 bits per heavy atom. The number of nitrogens with zero attached hydrogens (tertiary/aromatic N) is 2. The van der Waals surface area contributed by atoms with E-state index in [0.717, 1.165) is 28.1 Å². The van der Waals surface area contributed by atoms with Crippen LogP contribution in [0, 0.1) is 13.8 Å². The molecule has 6 heteroatoms. The van der Waals surface area contributed by atoms with Crippen LogP contribution in [0.5, 0.6) is 0 Å². The Morgan fingerprint density at radius 1 is 0.966 bits per heavy atom. The highest BCUT2D eigenvalue weighted by atomic mass is 32.2. The van der Waals surface area contributed by atoms with E-state index in [2.05, 4.69) is 42.7 Å². The molecule has 0 saturated heterocycles. The molecule has 0 unspecified atom stereocenters. The highest BCUT2D eigenvalue weighted by Crippen LogP contribution is 2.23. The molecule has 154 valence electrons. The Labute approximate surface area is 173 Å². The van der Waals surface area contributed by atoms with Crippen LogP contribution in [0.3, 0.4) is 0 Å². The first-order valence-electron chi connectivity index (χ1n) is 9.75. The van der Waals surface area contributed by atoms with E-state index in [1.54, 1.807) is 12.1 Å². The maximum absolute atomic E-state index is 12.7. The zero-order valence-corrected chi connectivity index (χ0v) is 18.5. The lowest BCUT2D eigenvalue weighted by molar-refractivity contribution is 0.578. The molecule has 2 aromatic carbocycles. The zero-order chi connectivity index (χ0) is 21.2. The van der Waals surface area contributed by atoms with Crippen molar-refractivity contribution in [2.75, 3.05) is 0 Å². The number of hydrogen-bond acceptors (Lipinski definition) is 3. The first-order valence-corrected chi connectivity index (χ1v) is 11.2. The minimum Gasteiger partial charge on any atom is -0.265 e. The number of aromatic nitrogens is 2. The second-order valence-electron chi connectivity index (χ2n) is 8.39. The third-order valence-corrected chi connectivity index (χ3v) is 6.59. The SMILES string of the molecule is Cc1nn(Cc2ccccc2)c(C)c1CNS(=O)(=O)c1ccc(C(C)(C)C)cc1. The third-order valence-electron chi connectivity index (χ3n) is 5.18. The predicted molar refractivity (Wildman–Crippen MR) is 116 cm³/mol. The molecule has 0 spiro atoms. The van der Waals surface area contributed by atoms with Gasteiger partial charge >= 0.3 is 0 Å². The molecule has 1 heterocycles. The Hall–Kier alpha value is -2.44. The third kappa shape index (κ3) is 4.95. The van der Waals surface area contributed by atoms with Crippen molar-refractivity contribution in [2.45, 2.75) is 58.0 Å². The van der Waals surface area contributed by atoms with Crippen LogP contribution in [0.15, 0.2) is 59.5 Å². The summed E-state index contributed by atoms with van der Waals surface area (Å²) in [6, 6.07) is 17.2. The second kappa shape index (κ2) is 8.13. The van der Waals surface area contributed by atoms with Gasteiger partial charge in [0.2, 0.25) is 10.0 Å². The lowest BCUT2D eigenvalue weighted by Gasteiger charge is -2.19. The smallest absolute Gasteiger partial charge is 0.240 e. The van der Waals surface area contributed by atoms with Crippen LogP contribution >= 0.6 is 0 Å². The molecule has 0 amide bonds. The van der Waals surface area contributed by atoms with Gasteiger partial charge in [-0.3, -0.25) is 4.68 Å². The summed E-state index contributed by atoms with van der Waals surface area (Å²) < 4.78 is 30.1. The quantitative estimate of drug-likeness (QED) is 0.657. The van der Waals surface area contributed by atoms with Crippen molar-refractivity contribution in [3.8, 4) is 0 Å². The van der Waals surface area contributed by atoms with E-state index in [9.17, 15) is 8.42 Å². The normalized spacial score (nSPS) is 12.3. The second-order valence-corrected chi connectivity index (χ2v) is 10.2. The van der Waals surface area contributed by atoms with Crippen LogP contribution in [0.1, 0.15) is 48.8 Å². The van der Waals surface area contributed by atoms with Crippen LogP contribution in [-0.2, 0) is 28.5 Å². The molecule has 0 saturated carbocycles. The molecule has 3 aromatic rings. The fraction of sp³-hybridized carbons (Fsp3) is 0.348. The van der Waals surface area contributed by atoms with E-state index >= 15 is 0 Å². The molecule has 1 aromatic heterocycles. The number of nitrogens with one attached hydrogen (secondary N) is 1.